The smallest absolute Gasteiger partial charge is 0.419 e. The van der Waals surface area contributed by atoms with E-state index >= 15 is 0 Å². The number of halogens is 4. The van der Waals surface area contributed by atoms with Gasteiger partial charge in [-0.3, -0.25) is 4.79 Å². The van der Waals surface area contributed by atoms with Crippen LogP contribution in [-0.2, 0) is 11.0 Å². The van der Waals surface area contributed by atoms with Crippen LogP contribution in [-0.4, -0.2) is 23.0 Å². The maximum absolute atomic E-state index is 13.0. The van der Waals surface area contributed by atoms with Crippen LogP contribution in [0, 0.1) is 5.82 Å². The number of alkyl halides is 3. The number of carboxylic acid groups (broad SMARTS) is 1. The van der Waals surface area contributed by atoms with Gasteiger partial charge in [0.05, 0.1) is 5.56 Å². The van der Waals surface area contributed by atoms with Crippen molar-refractivity contribution in [3.8, 4) is 0 Å². The molecule has 0 spiro atoms. The van der Waals surface area contributed by atoms with E-state index in [4.69, 9.17) is 5.11 Å². The van der Waals surface area contributed by atoms with Gasteiger partial charge < -0.3 is 10.4 Å². The lowest BCUT2D eigenvalue weighted by Gasteiger charge is -2.13. The van der Waals surface area contributed by atoms with Gasteiger partial charge in [0.25, 0.3) is 5.91 Å². The highest BCUT2D eigenvalue weighted by molar-refractivity contribution is 5.96. The first-order chi connectivity index (χ1) is 9.16. The number of benzene rings is 1. The maximum Gasteiger partial charge on any atom is 0.419 e. The molecule has 1 aromatic rings. The summed E-state index contributed by atoms with van der Waals surface area (Å²) in [4.78, 5) is 22.4. The zero-order valence-electron chi connectivity index (χ0n) is 10.3. The zero-order chi connectivity index (χ0) is 15.5. The Labute approximate surface area is 111 Å². The average Bonchev–Trinajstić information content (AvgIpc) is 2.34. The molecule has 1 amide bonds. The predicted molar refractivity (Wildman–Crippen MR) is 60.6 cm³/mol. The van der Waals surface area contributed by atoms with E-state index in [1.807, 2.05) is 0 Å². The Hall–Kier alpha value is -2.12. The normalized spacial score (nSPS) is 12.8. The molecule has 0 saturated carbocycles. The van der Waals surface area contributed by atoms with Crippen molar-refractivity contribution >= 4 is 11.9 Å². The molecule has 2 N–H and O–H groups in total. The highest BCUT2D eigenvalue weighted by Gasteiger charge is 2.34. The second-order valence-corrected chi connectivity index (χ2v) is 3.96. The van der Waals surface area contributed by atoms with Gasteiger partial charge in [-0.1, -0.05) is 6.92 Å². The van der Waals surface area contributed by atoms with Crippen molar-refractivity contribution in [1.29, 1.82) is 0 Å². The summed E-state index contributed by atoms with van der Waals surface area (Å²) in [5.74, 6) is -3.82. The van der Waals surface area contributed by atoms with E-state index in [-0.39, 0.29) is 6.42 Å². The molecule has 0 saturated heterocycles. The quantitative estimate of drug-likeness (QED) is 0.838. The summed E-state index contributed by atoms with van der Waals surface area (Å²) >= 11 is 0. The monoisotopic (exact) mass is 293 g/mol. The summed E-state index contributed by atoms with van der Waals surface area (Å²) in [7, 11) is 0. The largest absolute Gasteiger partial charge is 0.480 e. The highest BCUT2D eigenvalue weighted by Crippen LogP contribution is 2.31. The summed E-state index contributed by atoms with van der Waals surface area (Å²) in [5, 5.41) is 10.8. The number of hydrogen-bond acceptors (Lipinski definition) is 2. The fraction of sp³-hybridized carbons (Fsp3) is 0.333. The van der Waals surface area contributed by atoms with E-state index in [1.54, 1.807) is 0 Å². The summed E-state index contributed by atoms with van der Waals surface area (Å²) < 4.78 is 50.5. The molecule has 0 fully saturated rings. The first-order valence-corrected chi connectivity index (χ1v) is 5.57. The van der Waals surface area contributed by atoms with Crippen LogP contribution in [0.2, 0.25) is 0 Å². The summed E-state index contributed by atoms with van der Waals surface area (Å²) in [6.07, 6.45) is -4.87. The van der Waals surface area contributed by atoms with E-state index < -0.39 is 41.0 Å². The van der Waals surface area contributed by atoms with Crippen LogP contribution < -0.4 is 5.32 Å². The molecule has 0 aliphatic heterocycles. The van der Waals surface area contributed by atoms with Crippen molar-refractivity contribution in [2.45, 2.75) is 25.6 Å². The SMILES string of the molecule is CC[C@H](NC(=O)c1ccc(F)c(C(F)(F)F)c1)C(=O)O. The van der Waals surface area contributed by atoms with Crippen molar-refractivity contribution in [1.82, 2.24) is 5.32 Å². The third-order valence-electron chi connectivity index (χ3n) is 2.55. The lowest BCUT2D eigenvalue weighted by Crippen LogP contribution is -2.40. The molecule has 1 aromatic carbocycles. The number of carbonyl (C=O) groups is 2. The Morgan fingerprint density at radius 2 is 1.95 bits per heavy atom. The van der Waals surface area contributed by atoms with Gasteiger partial charge in [-0.25, -0.2) is 9.18 Å². The van der Waals surface area contributed by atoms with Gasteiger partial charge in [0.1, 0.15) is 11.9 Å². The number of hydrogen-bond donors (Lipinski definition) is 2. The van der Waals surface area contributed by atoms with Crippen LogP contribution >= 0.6 is 0 Å². The molecular weight excluding hydrogens is 282 g/mol. The minimum Gasteiger partial charge on any atom is -0.480 e. The van der Waals surface area contributed by atoms with Crippen LogP contribution in [0.4, 0.5) is 17.6 Å². The number of nitrogens with one attached hydrogen (secondary N) is 1. The predicted octanol–water partition coefficient (Wildman–Crippen LogP) is 2.44. The Morgan fingerprint density at radius 1 is 1.35 bits per heavy atom. The van der Waals surface area contributed by atoms with Crippen molar-refractivity contribution < 1.29 is 32.3 Å². The first kappa shape index (κ1) is 15.9. The summed E-state index contributed by atoms with van der Waals surface area (Å²) in [5.41, 5.74) is -2.04. The maximum atomic E-state index is 13.0. The molecule has 110 valence electrons. The van der Waals surface area contributed by atoms with Crippen LogP contribution in [0.5, 0.6) is 0 Å². The van der Waals surface area contributed by atoms with Gasteiger partial charge in [0.15, 0.2) is 0 Å². The fourth-order valence-electron chi connectivity index (χ4n) is 1.46. The first-order valence-electron chi connectivity index (χ1n) is 5.57. The molecule has 8 heteroatoms. The van der Waals surface area contributed by atoms with Crippen LogP contribution in [0.25, 0.3) is 0 Å². The second-order valence-electron chi connectivity index (χ2n) is 3.96. The van der Waals surface area contributed by atoms with Crippen molar-refractivity contribution in [3.63, 3.8) is 0 Å². The lowest BCUT2D eigenvalue weighted by atomic mass is 10.1. The van der Waals surface area contributed by atoms with Gasteiger partial charge in [-0.05, 0) is 24.6 Å². The third kappa shape index (κ3) is 3.69. The van der Waals surface area contributed by atoms with Gasteiger partial charge in [-0.15, -0.1) is 0 Å². The molecule has 0 bridgehead atoms. The molecular formula is C12H11F4NO3. The molecule has 0 aliphatic carbocycles. The number of carbonyl (C=O) groups excluding carboxylic acids is 1. The molecule has 0 heterocycles. The van der Waals surface area contributed by atoms with Gasteiger partial charge in [0.2, 0.25) is 0 Å². The number of aliphatic carboxylic acids is 1. The van der Waals surface area contributed by atoms with Crippen LogP contribution in [0.3, 0.4) is 0 Å². The van der Waals surface area contributed by atoms with Gasteiger partial charge in [-0.2, -0.15) is 13.2 Å². The molecule has 0 unspecified atom stereocenters. The van der Waals surface area contributed by atoms with Crippen LogP contribution in [0.1, 0.15) is 29.3 Å². The minimum atomic E-state index is -4.93. The van der Waals surface area contributed by atoms with Gasteiger partial charge in [0, 0.05) is 5.56 Å². The Balaban J connectivity index is 3.03. The molecule has 0 aliphatic rings. The van der Waals surface area contributed by atoms with Crippen molar-refractivity contribution in [3.05, 3.63) is 35.1 Å². The van der Waals surface area contributed by atoms with E-state index in [9.17, 15) is 27.2 Å². The van der Waals surface area contributed by atoms with Crippen LogP contribution in [0.15, 0.2) is 18.2 Å². The molecule has 0 aromatic heterocycles. The number of amides is 1. The zero-order valence-corrected chi connectivity index (χ0v) is 10.3. The average molecular weight is 293 g/mol. The molecule has 0 radical (unpaired) electrons. The van der Waals surface area contributed by atoms with E-state index in [0.717, 1.165) is 6.07 Å². The van der Waals surface area contributed by atoms with Gasteiger partial charge >= 0.3 is 12.1 Å². The lowest BCUT2D eigenvalue weighted by molar-refractivity contribution is -0.140. The minimum absolute atomic E-state index is 0.0639. The van der Waals surface area contributed by atoms with Crippen molar-refractivity contribution in [2.75, 3.05) is 0 Å². The standard InChI is InChI=1S/C12H11F4NO3/c1-2-9(11(19)20)17-10(18)6-3-4-8(13)7(5-6)12(14,15)16/h3-5,9H,2H2,1H3,(H,17,18)(H,19,20)/t9-/m0/s1. The summed E-state index contributed by atoms with van der Waals surface area (Å²) in [6.45, 7) is 1.49. The Kier molecular flexibility index (Phi) is 4.69. The van der Waals surface area contributed by atoms with E-state index in [1.165, 1.54) is 6.92 Å². The fourth-order valence-corrected chi connectivity index (χ4v) is 1.46. The van der Waals surface area contributed by atoms with Crippen molar-refractivity contribution in [2.24, 2.45) is 0 Å². The number of rotatable bonds is 4. The molecule has 4 nitrogen and oxygen atoms in total. The molecule has 1 atom stereocenters. The van der Waals surface area contributed by atoms with E-state index in [0.29, 0.717) is 12.1 Å². The summed E-state index contributed by atoms with van der Waals surface area (Å²) in [6, 6.07) is 0.495. The topological polar surface area (TPSA) is 66.4 Å². The van der Waals surface area contributed by atoms with E-state index in [2.05, 4.69) is 5.32 Å². The molecule has 20 heavy (non-hydrogen) atoms. The third-order valence-corrected chi connectivity index (χ3v) is 2.55. The second kappa shape index (κ2) is 5.89. The highest BCUT2D eigenvalue weighted by atomic mass is 19.4. The Morgan fingerprint density at radius 3 is 2.40 bits per heavy atom. The Bertz CT molecular complexity index is 528. The number of carboxylic acids is 1. The molecule has 1 rings (SSSR count).